The van der Waals surface area contributed by atoms with Crippen LogP contribution >= 0.6 is 0 Å². The van der Waals surface area contributed by atoms with Crippen molar-refractivity contribution in [2.75, 3.05) is 38.2 Å². The Hall–Kier alpha value is -2.71. The Balaban J connectivity index is 1.61. The Morgan fingerprint density at radius 2 is 1.67 bits per heavy atom. The van der Waals surface area contributed by atoms with E-state index in [0.717, 1.165) is 43.9 Å². The van der Waals surface area contributed by atoms with Gasteiger partial charge in [0.15, 0.2) is 5.78 Å². The maximum absolute atomic E-state index is 12.7. The van der Waals surface area contributed by atoms with Crippen LogP contribution in [0.2, 0.25) is 0 Å². The number of nitrogens with one attached hydrogen (secondary N) is 1. The van der Waals surface area contributed by atoms with Gasteiger partial charge in [0.25, 0.3) is 5.91 Å². The van der Waals surface area contributed by atoms with Crippen LogP contribution in [0.3, 0.4) is 0 Å². The average Bonchev–Trinajstić information content (AvgIpc) is 2.74. The maximum atomic E-state index is 12.7. The summed E-state index contributed by atoms with van der Waals surface area (Å²) < 4.78 is 43.4. The average molecular weight is 420 g/mol. The Labute approximate surface area is 172 Å². The summed E-state index contributed by atoms with van der Waals surface area (Å²) in [6.07, 6.45) is -3.43. The molecule has 1 amide bonds. The normalized spacial score (nSPS) is 15.0. The molecule has 0 radical (unpaired) electrons. The molecule has 1 aliphatic rings. The molecular formula is C22H23F3N2O3. The van der Waals surface area contributed by atoms with Gasteiger partial charge in [-0.15, -0.1) is 0 Å². The molecule has 0 spiro atoms. The summed E-state index contributed by atoms with van der Waals surface area (Å²) in [4.78, 5) is 27.4. The Morgan fingerprint density at radius 3 is 2.33 bits per heavy atom. The van der Waals surface area contributed by atoms with Crippen LogP contribution in [0.4, 0.5) is 18.9 Å². The molecular weight excluding hydrogens is 397 g/mol. The summed E-state index contributed by atoms with van der Waals surface area (Å²) in [5, 5.41) is 2.64. The minimum atomic E-state index is -4.46. The summed E-state index contributed by atoms with van der Waals surface area (Å²) in [7, 11) is 0. The molecule has 160 valence electrons. The van der Waals surface area contributed by atoms with E-state index < -0.39 is 17.6 Å². The fraction of sp³-hybridized carbons (Fsp3) is 0.364. The lowest BCUT2D eigenvalue weighted by Gasteiger charge is -2.26. The number of alkyl halides is 3. The van der Waals surface area contributed by atoms with Crippen LogP contribution in [0.1, 0.15) is 39.1 Å². The lowest BCUT2D eigenvalue weighted by molar-refractivity contribution is -0.137. The summed E-state index contributed by atoms with van der Waals surface area (Å²) >= 11 is 0. The van der Waals surface area contributed by atoms with E-state index in [9.17, 15) is 22.8 Å². The van der Waals surface area contributed by atoms with Crippen LogP contribution in [-0.4, -0.2) is 49.4 Å². The molecule has 1 N–H and O–H groups in total. The van der Waals surface area contributed by atoms with Gasteiger partial charge in [0.05, 0.1) is 24.5 Å². The number of amides is 1. The molecule has 0 aliphatic carbocycles. The second-order valence-electron chi connectivity index (χ2n) is 7.06. The summed E-state index contributed by atoms with van der Waals surface area (Å²) in [5.74, 6) is -0.663. The van der Waals surface area contributed by atoms with Crippen LogP contribution < -0.4 is 5.32 Å². The van der Waals surface area contributed by atoms with Crippen molar-refractivity contribution >= 4 is 17.4 Å². The molecule has 2 aromatic carbocycles. The molecule has 1 heterocycles. The van der Waals surface area contributed by atoms with Gasteiger partial charge in [-0.3, -0.25) is 14.5 Å². The quantitative estimate of drug-likeness (QED) is 0.681. The number of carbonyl (C=O) groups excluding carboxylic acids is 2. The Morgan fingerprint density at radius 1 is 1.00 bits per heavy atom. The molecule has 0 unspecified atom stereocenters. The number of benzene rings is 2. The van der Waals surface area contributed by atoms with Gasteiger partial charge in [-0.05, 0) is 49.4 Å². The Bertz CT molecular complexity index is 876. The van der Waals surface area contributed by atoms with Crippen LogP contribution in [0.5, 0.6) is 0 Å². The van der Waals surface area contributed by atoms with E-state index in [4.69, 9.17) is 4.74 Å². The van der Waals surface area contributed by atoms with Gasteiger partial charge in [0.2, 0.25) is 0 Å². The molecule has 30 heavy (non-hydrogen) atoms. The van der Waals surface area contributed by atoms with E-state index in [-0.39, 0.29) is 11.3 Å². The lowest BCUT2D eigenvalue weighted by Crippen LogP contribution is -2.36. The molecule has 1 aliphatic heterocycles. The number of anilines is 1. The second-order valence-corrected chi connectivity index (χ2v) is 7.06. The summed E-state index contributed by atoms with van der Waals surface area (Å²) in [6, 6.07) is 10.6. The highest BCUT2D eigenvalue weighted by Crippen LogP contribution is 2.29. The van der Waals surface area contributed by atoms with Crippen LogP contribution in [0.25, 0.3) is 0 Å². The zero-order valence-corrected chi connectivity index (χ0v) is 16.4. The number of hydrogen-bond donors (Lipinski definition) is 1. The highest BCUT2D eigenvalue weighted by atomic mass is 19.4. The molecule has 5 nitrogen and oxygen atoms in total. The van der Waals surface area contributed by atoms with E-state index >= 15 is 0 Å². The molecule has 0 saturated carbocycles. The van der Waals surface area contributed by atoms with Crippen molar-refractivity contribution in [3.8, 4) is 0 Å². The highest BCUT2D eigenvalue weighted by molar-refractivity contribution is 6.09. The summed E-state index contributed by atoms with van der Waals surface area (Å²) in [6.45, 7) is 3.91. The van der Waals surface area contributed by atoms with Gasteiger partial charge < -0.3 is 10.1 Å². The van der Waals surface area contributed by atoms with Crippen molar-refractivity contribution in [1.29, 1.82) is 0 Å². The second kappa shape index (κ2) is 9.86. The van der Waals surface area contributed by atoms with Gasteiger partial charge in [0, 0.05) is 30.6 Å². The van der Waals surface area contributed by atoms with E-state index in [2.05, 4.69) is 10.2 Å². The van der Waals surface area contributed by atoms with Gasteiger partial charge in [-0.1, -0.05) is 12.1 Å². The number of nitrogens with zero attached hydrogens (tertiary/aromatic N) is 1. The van der Waals surface area contributed by atoms with Gasteiger partial charge >= 0.3 is 6.18 Å². The van der Waals surface area contributed by atoms with Gasteiger partial charge in [0.1, 0.15) is 0 Å². The van der Waals surface area contributed by atoms with E-state index in [0.29, 0.717) is 37.3 Å². The van der Waals surface area contributed by atoms with Crippen LogP contribution in [-0.2, 0) is 10.9 Å². The molecule has 0 aromatic heterocycles. The minimum absolute atomic E-state index is 0.0811. The standard InChI is InChI=1S/C22H23F3N2O3/c23-22(24,25)17-9-7-16(8-10-17)21(29)26-19-5-2-1-4-18(19)20(28)6-3-11-27-12-14-30-15-13-27/h1-2,4-5,7-10H,3,6,11-15H2,(H,26,29). The minimum Gasteiger partial charge on any atom is -0.379 e. The predicted octanol–water partition coefficient (Wildman–Crippen LogP) is 4.25. The van der Waals surface area contributed by atoms with Crippen molar-refractivity contribution in [2.45, 2.75) is 19.0 Å². The topological polar surface area (TPSA) is 58.6 Å². The van der Waals surface area contributed by atoms with Crippen LogP contribution in [0.15, 0.2) is 48.5 Å². The maximum Gasteiger partial charge on any atom is 0.416 e. The number of hydrogen-bond acceptors (Lipinski definition) is 4. The van der Waals surface area contributed by atoms with E-state index in [1.54, 1.807) is 24.3 Å². The lowest BCUT2D eigenvalue weighted by atomic mass is 10.0. The first-order valence-corrected chi connectivity index (χ1v) is 9.75. The number of Topliss-reactive ketones (excluding diaryl/α,β-unsaturated/α-hetero) is 1. The molecule has 0 bridgehead atoms. The number of morpholine rings is 1. The SMILES string of the molecule is O=C(Nc1ccccc1C(=O)CCCN1CCOCC1)c1ccc(C(F)(F)F)cc1. The zero-order chi connectivity index (χ0) is 21.6. The third-order valence-electron chi connectivity index (χ3n) is 4.93. The monoisotopic (exact) mass is 420 g/mol. The number of carbonyl (C=O) groups is 2. The molecule has 8 heteroatoms. The predicted molar refractivity (Wildman–Crippen MR) is 107 cm³/mol. The molecule has 0 atom stereocenters. The number of rotatable bonds is 7. The van der Waals surface area contributed by atoms with E-state index in [1.165, 1.54) is 0 Å². The first-order valence-electron chi connectivity index (χ1n) is 9.75. The molecule has 2 aromatic rings. The third-order valence-corrected chi connectivity index (χ3v) is 4.93. The number of ketones is 1. The van der Waals surface area contributed by atoms with Crippen LogP contribution in [0, 0.1) is 0 Å². The highest BCUT2D eigenvalue weighted by Gasteiger charge is 2.30. The molecule has 3 rings (SSSR count). The first-order chi connectivity index (χ1) is 14.3. The fourth-order valence-electron chi connectivity index (χ4n) is 3.26. The van der Waals surface area contributed by atoms with Gasteiger partial charge in [-0.25, -0.2) is 0 Å². The largest absolute Gasteiger partial charge is 0.416 e. The van der Waals surface area contributed by atoms with Gasteiger partial charge in [-0.2, -0.15) is 13.2 Å². The van der Waals surface area contributed by atoms with Crippen molar-refractivity contribution in [3.05, 3.63) is 65.2 Å². The number of ether oxygens (including phenoxy) is 1. The van der Waals surface area contributed by atoms with Crippen molar-refractivity contribution in [3.63, 3.8) is 0 Å². The smallest absolute Gasteiger partial charge is 0.379 e. The van der Waals surface area contributed by atoms with Crippen molar-refractivity contribution < 1.29 is 27.5 Å². The number of halogens is 3. The Kier molecular flexibility index (Phi) is 7.23. The zero-order valence-electron chi connectivity index (χ0n) is 16.4. The molecule has 1 fully saturated rings. The fourth-order valence-corrected chi connectivity index (χ4v) is 3.26. The third kappa shape index (κ3) is 5.90. The van der Waals surface area contributed by atoms with Crippen molar-refractivity contribution in [2.24, 2.45) is 0 Å². The number of para-hydroxylation sites is 1. The van der Waals surface area contributed by atoms with E-state index in [1.807, 2.05) is 0 Å². The first kappa shape index (κ1) is 22.0. The van der Waals surface area contributed by atoms with Crippen molar-refractivity contribution in [1.82, 2.24) is 4.90 Å². The summed E-state index contributed by atoms with van der Waals surface area (Å²) in [5.41, 5.74) is -0.00836. The molecule has 1 saturated heterocycles.